The second-order valence-electron chi connectivity index (χ2n) is 4.62. The van der Waals surface area contributed by atoms with E-state index in [-0.39, 0.29) is 5.75 Å². The van der Waals surface area contributed by atoms with Crippen LogP contribution >= 0.6 is 11.8 Å². The molecule has 0 bridgehead atoms. The van der Waals surface area contributed by atoms with Crippen LogP contribution in [-0.4, -0.2) is 26.4 Å². The molecule has 1 N–H and O–H groups in total. The highest BCUT2D eigenvalue weighted by Crippen LogP contribution is 2.23. The second-order valence-corrected chi connectivity index (χ2v) is 5.56. The SMILES string of the molecule is CC(C)CCC(C)n1ccnc1SCC(=O)O. The van der Waals surface area contributed by atoms with Gasteiger partial charge in [0, 0.05) is 18.4 Å². The summed E-state index contributed by atoms with van der Waals surface area (Å²) in [6.45, 7) is 6.57. The summed E-state index contributed by atoms with van der Waals surface area (Å²) < 4.78 is 2.07. The van der Waals surface area contributed by atoms with Crippen molar-refractivity contribution in [2.45, 2.75) is 44.8 Å². The summed E-state index contributed by atoms with van der Waals surface area (Å²) in [6.07, 6.45) is 5.92. The fourth-order valence-corrected chi connectivity index (χ4v) is 2.36. The van der Waals surface area contributed by atoms with Crippen LogP contribution in [0.4, 0.5) is 0 Å². The fourth-order valence-electron chi connectivity index (χ4n) is 1.59. The topological polar surface area (TPSA) is 55.1 Å². The average molecular weight is 256 g/mol. The molecule has 1 rings (SSSR count). The van der Waals surface area contributed by atoms with E-state index in [1.807, 2.05) is 6.20 Å². The first-order valence-electron chi connectivity index (χ1n) is 5.88. The van der Waals surface area contributed by atoms with E-state index in [2.05, 4.69) is 30.3 Å². The van der Waals surface area contributed by atoms with Crippen LogP contribution in [0.3, 0.4) is 0 Å². The minimum Gasteiger partial charge on any atom is -0.481 e. The molecular formula is C12H20N2O2S. The number of aromatic nitrogens is 2. The van der Waals surface area contributed by atoms with E-state index >= 15 is 0 Å². The largest absolute Gasteiger partial charge is 0.481 e. The van der Waals surface area contributed by atoms with E-state index in [1.165, 1.54) is 18.2 Å². The molecule has 0 saturated carbocycles. The minimum absolute atomic E-state index is 0.0634. The van der Waals surface area contributed by atoms with Gasteiger partial charge in [-0.3, -0.25) is 4.79 Å². The molecule has 0 saturated heterocycles. The number of thioether (sulfide) groups is 1. The maximum atomic E-state index is 10.5. The summed E-state index contributed by atoms with van der Waals surface area (Å²) in [5.41, 5.74) is 0. The molecule has 1 aromatic rings. The fraction of sp³-hybridized carbons (Fsp3) is 0.667. The Kier molecular flexibility index (Phi) is 5.55. The lowest BCUT2D eigenvalue weighted by molar-refractivity contribution is -0.133. The number of carboxylic acids is 1. The standard InChI is InChI=1S/C12H20N2O2S/c1-9(2)4-5-10(3)14-7-6-13-12(14)17-8-11(15)16/h6-7,9-10H,4-5,8H2,1-3H3,(H,15,16). The van der Waals surface area contributed by atoms with Crippen molar-refractivity contribution in [3.63, 3.8) is 0 Å². The van der Waals surface area contributed by atoms with Crippen molar-refractivity contribution >= 4 is 17.7 Å². The third-order valence-corrected chi connectivity index (χ3v) is 3.56. The zero-order valence-electron chi connectivity index (χ0n) is 10.6. The summed E-state index contributed by atoms with van der Waals surface area (Å²) in [4.78, 5) is 14.7. The number of rotatable bonds is 7. The molecule has 1 aromatic heterocycles. The summed E-state index contributed by atoms with van der Waals surface area (Å²) in [6, 6.07) is 0.371. The Hall–Kier alpha value is -0.970. The van der Waals surface area contributed by atoms with Crippen LogP contribution < -0.4 is 0 Å². The quantitative estimate of drug-likeness (QED) is 0.762. The first kappa shape index (κ1) is 14.1. The van der Waals surface area contributed by atoms with Crippen molar-refractivity contribution in [2.24, 2.45) is 5.92 Å². The summed E-state index contributed by atoms with van der Waals surface area (Å²) in [7, 11) is 0. The van der Waals surface area contributed by atoms with Crippen molar-refractivity contribution in [3.05, 3.63) is 12.4 Å². The Morgan fingerprint density at radius 1 is 1.47 bits per heavy atom. The third kappa shape index (κ3) is 4.81. The normalized spacial score (nSPS) is 12.9. The predicted octanol–water partition coefficient (Wildman–Crippen LogP) is 3.06. The number of hydrogen-bond acceptors (Lipinski definition) is 3. The van der Waals surface area contributed by atoms with Gasteiger partial charge < -0.3 is 9.67 Å². The molecule has 96 valence electrons. The Balaban J connectivity index is 2.57. The van der Waals surface area contributed by atoms with Crippen molar-refractivity contribution in [3.8, 4) is 0 Å². The van der Waals surface area contributed by atoms with Gasteiger partial charge in [-0.1, -0.05) is 25.6 Å². The van der Waals surface area contributed by atoms with Crippen LogP contribution in [0.1, 0.15) is 39.7 Å². The highest BCUT2D eigenvalue weighted by atomic mass is 32.2. The molecule has 0 aliphatic carbocycles. The lowest BCUT2D eigenvalue weighted by atomic mass is 10.0. The Morgan fingerprint density at radius 2 is 2.18 bits per heavy atom. The molecule has 1 atom stereocenters. The molecule has 0 spiro atoms. The lowest BCUT2D eigenvalue weighted by Gasteiger charge is -2.16. The summed E-state index contributed by atoms with van der Waals surface area (Å²) in [5.74, 6) is -0.0519. The van der Waals surface area contributed by atoms with Crippen LogP contribution in [0.15, 0.2) is 17.6 Å². The predicted molar refractivity (Wildman–Crippen MR) is 69.4 cm³/mol. The molecule has 0 fully saturated rings. The number of imidazole rings is 1. The Labute approximate surface area is 106 Å². The highest BCUT2D eigenvalue weighted by molar-refractivity contribution is 7.99. The minimum atomic E-state index is -0.806. The second kappa shape index (κ2) is 6.69. The molecule has 0 amide bonds. The van der Waals surface area contributed by atoms with Gasteiger partial charge in [-0.05, 0) is 25.7 Å². The van der Waals surface area contributed by atoms with Crippen LogP contribution in [0, 0.1) is 5.92 Å². The third-order valence-electron chi connectivity index (χ3n) is 2.59. The lowest BCUT2D eigenvalue weighted by Crippen LogP contribution is -2.08. The Bertz CT molecular complexity index is 363. The summed E-state index contributed by atoms with van der Waals surface area (Å²) >= 11 is 1.28. The first-order valence-corrected chi connectivity index (χ1v) is 6.86. The first-order chi connectivity index (χ1) is 8.00. The van der Waals surface area contributed by atoms with E-state index < -0.39 is 5.97 Å². The van der Waals surface area contributed by atoms with Gasteiger partial charge in [0.2, 0.25) is 0 Å². The maximum absolute atomic E-state index is 10.5. The van der Waals surface area contributed by atoms with Crippen molar-refractivity contribution in [1.29, 1.82) is 0 Å². The molecule has 17 heavy (non-hydrogen) atoms. The molecule has 0 aliphatic rings. The van der Waals surface area contributed by atoms with E-state index in [4.69, 9.17) is 5.11 Å². The van der Waals surface area contributed by atoms with E-state index in [0.717, 1.165) is 11.6 Å². The van der Waals surface area contributed by atoms with Gasteiger partial charge >= 0.3 is 5.97 Å². The maximum Gasteiger partial charge on any atom is 0.313 e. The highest BCUT2D eigenvalue weighted by Gasteiger charge is 2.12. The van der Waals surface area contributed by atoms with E-state index in [1.54, 1.807) is 6.20 Å². The van der Waals surface area contributed by atoms with Gasteiger partial charge in [-0.15, -0.1) is 0 Å². The van der Waals surface area contributed by atoms with Crippen molar-refractivity contribution in [2.75, 3.05) is 5.75 Å². The molecule has 0 radical (unpaired) electrons. The van der Waals surface area contributed by atoms with E-state index in [9.17, 15) is 4.79 Å². The molecule has 0 aliphatic heterocycles. The van der Waals surface area contributed by atoms with Crippen LogP contribution in [0.25, 0.3) is 0 Å². The van der Waals surface area contributed by atoms with Gasteiger partial charge in [0.15, 0.2) is 5.16 Å². The number of carboxylic acid groups (broad SMARTS) is 1. The Morgan fingerprint density at radius 3 is 2.76 bits per heavy atom. The van der Waals surface area contributed by atoms with Gasteiger partial charge in [-0.2, -0.15) is 0 Å². The van der Waals surface area contributed by atoms with Gasteiger partial charge in [0.1, 0.15) is 0 Å². The smallest absolute Gasteiger partial charge is 0.313 e. The van der Waals surface area contributed by atoms with Gasteiger partial charge in [-0.25, -0.2) is 4.98 Å². The summed E-state index contributed by atoms with van der Waals surface area (Å²) in [5, 5.41) is 9.46. The molecule has 1 heterocycles. The molecule has 4 nitrogen and oxygen atoms in total. The van der Waals surface area contributed by atoms with Crippen molar-refractivity contribution in [1.82, 2.24) is 9.55 Å². The molecular weight excluding hydrogens is 236 g/mol. The number of carbonyl (C=O) groups is 1. The molecule has 1 unspecified atom stereocenters. The molecule has 5 heteroatoms. The monoisotopic (exact) mass is 256 g/mol. The van der Waals surface area contributed by atoms with Crippen LogP contribution in [0.2, 0.25) is 0 Å². The molecule has 0 aromatic carbocycles. The zero-order chi connectivity index (χ0) is 12.8. The zero-order valence-corrected chi connectivity index (χ0v) is 11.4. The van der Waals surface area contributed by atoms with Gasteiger partial charge in [0.05, 0.1) is 5.75 Å². The van der Waals surface area contributed by atoms with Crippen LogP contribution in [-0.2, 0) is 4.79 Å². The number of aliphatic carboxylic acids is 1. The average Bonchev–Trinajstić information content (AvgIpc) is 2.71. The van der Waals surface area contributed by atoms with E-state index in [0.29, 0.717) is 12.0 Å². The number of nitrogens with zero attached hydrogens (tertiary/aromatic N) is 2. The van der Waals surface area contributed by atoms with Crippen LogP contribution in [0.5, 0.6) is 0 Å². The van der Waals surface area contributed by atoms with Gasteiger partial charge in [0.25, 0.3) is 0 Å². The van der Waals surface area contributed by atoms with Crippen molar-refractivity contribution < 1.29 is 9.90 Å². The number of hydrogen-bond donors (Lipinski definition) is 1.